The molecule has 1 saturated heterocycles. The smallest absolute Gasteiger partial charge is 0.410 e. The molecular formula is C22H29N3O4. The van der Waals surface area contributed by atoms with Crippen LogP contribution >= 0.6 is 0 Å². The van der Waals surface area contributed by atoms with Gasteiger partial charge in [-0.3, -0.25) is 0 Å². The van der Waals surface area contributed by atoms with Crippen LogP contribution in [0.15, 0.2) is 24.4 Å². The number of hydrogen-bond donors (Lipinski definition) is 1. The summed E-state index contributed by atoms with van der Waals surface area (Å²) >= 11 is 0. The molecule has 0 unspecified atom stereocenters. The lowest BCUT2D eigenvalue weighted by molar-refractivity contribution is 0.0202. The van der Waals surface area contributed by atoms with Crippen molar-refractivity contribution in [2.75, 3.05) is 13.1 Å². The molecule has 0 saturated carbocycles. The number of carboxylic acid groups (broad SMARTS) is 1. The Morgan fingerprint density at radius 1 is 1.14 bits per heavy atom. The molecule has 156 valence electrons. The van der Waals surface area contributed by atoms with Crippen molar-refractivity contribution in [3.63, 3.8) is 0 Å². The van der Waals surface area contributed by atoms with Gasteiger partial charge in [0.15, 0.2) is 0 Å². The molecule has 0 aliphatic carbocycles. The lowest BCUT2D eigenvalue weighted by Crippen LogP contribution is -2.41. The number of piperidine rings is 1. The fraction of sp³-hybridized carbons (Fsp3) is 0.500. The van der Waals surface area contributed by atoms with Gasteiger partial charge in [0.05, 0.1) is 17.6 Å². The van der Waals surface area contributed by atoms with E-state index in [1.807, 2.05) is 52.8 Å². The highest BCUT2D eigenvalue weighted by Crippen LogP contribution is 2.33. The van der Waals surface area contributed by atoms with Gasteiger partial charge in [0.2, 0.25) is 0 Å². The molecule has 1 aliphatic rings. The second-order valence-electron chi connectivity index (χ2n) is 8.67. The number of nitrogens with zero attached hydrogens (tertiary/aromatic N) is 3. The van der Waals surface area contributed by atoms with Gasteiger partial charge < -0.3 is 14.7 Å². The Hall–Kier alpha value is -2.83. The van der Waals surface area contributed by atoms with Gasteiger partial charge in [-0.1, -0.05) is 6.07 Å². The van der Waals surface area contributed by atoms with Gasteiger partial charge in [-0.2, -0.15) is 5.10 Å². The molecule has 29 heavy (non-hydrogen) atoms. The molecule has 0 atom stereocenters. The number of ether oxygens (including phenoxy) is 1. The quantitative estimate of drug-likeness (QED) is 0.832. The fourth-order valence-corrected chi connectivity index (χ4v) is 3.64. The number of hydrogen-bond acceptors (Lipinski definition) is 4. The summed E-state index contributed by atoms with van der Waals surface area (Å²) in [5.41, 5.74) is 3.53. The van der Waals surface area contributed by atoms with E-state index in [2.05, 4.69) is 5.10 Å². The van der Waals surface area contributed by atoms with Crippen molar-refractivity contribution in [2.45, 2.75) is 59.0 Å². The molecule has 1 aliphatic heterocycles. The highest BCUT2D eigenvalue weighted by Gasteiger charge is 2.32. The van der Waals surface area contributed by atoms with Crippen LogP contribution in [0.2, 0.25) is 0 Å². The Labute approximate surface area is 171 Å². The van der Waals surface area contributed by atoms with Gasteiger partial charge in [0, 0.05) is 19.0 Å². The number of aromatic nitrogens is 2. The summed E-state index contributed by atoms with van der Waals surface area (Å²) in [7, 11) is 0. The Bertz CT molecular complexity index is 919. The van der Waals surface area contributed by atoms with Gasteiger partial charge in [-0.25, -0.2) is 14.3 Å². The van der Waals surface area contributed by atoms with Crippen molar-refractivity contribution in [3.8, 4) is 5.69 Å². The molecule has 0 radical (unpaired) electrons. The van der Waals surface area contributed by atoms with Gasteiger partial charge in [0.1, 0.15) is 11.2 Å². The first-order chi connectivity index (χ1) is 13.6. The average molecular weight is 399 g/mol. The van der Waals surface area contributed by atoms with E-state index in [1.54, 1.807) is 9.58 Å². The maximum Gasteiger partial charge on any atom is 0.410 e. The van der Waals surface area contributed by atoms with Crippen LogP contribution in [0.1, 0.15) is 66.7 Å². The minimum Gasteiger partial charge on any atom is -0.478 e. The Kier molecular flexibility index (Phi) is 5.68. The molecular weight excluding hydrogens is 370 g/mol. The Balaban J connectivity index is 1.85. The zero-order chi connectivity index (χ0) is 21.3. The molecule has 0 spiro atoms. The largest absolute Gasteiger partial charge is 0.478 e. The predicted octanol–water partition coefficient (Wildman–Crippen LogP) is 4.30. The lowest BCUT2D eigenvalue weighted by Gasteiger charge is -2.33. The first-order valence-corrected chi connectivity index (χ1v) is 9.93. The highest BCUT2D eigenvalue weighted by atomic mass is 16.6. The molecule has 7 heteroatoms. The van der Waals surface area contributed by atoms with Crippen molar-refractivity contribution < 1.29 is 19.4 Å². The first kappa shape index (κ1) is 20.9. The number of aryl methyl sites for hydroxylation is 2. The van der Waals surface area contributed by atoms with Crippen molar-refractivity contribution >= 4 is 12.1 Å². The lowest BCUT2D eigenvalue weighted by atomic mass is 9.91. The topological polar surface area (TPSA) is 84.7 Å². The summed E-state index contributed by atoms with van der Waals surface area (Å²) in [4.78, 5) is 25.8. The normalized spacial score (nSPS) is 15.4. The van der Waals surface area contributed by atoms with E-state index in [-0.39, 0.29) is 17.6 Å². The van der Waals surface area contributed by atoms with Crippen LogP contribution in [0.5, 0.6) is 0 Å². The molecule has 1 fully saturated rings. The monoisotopic (exact) mass is 399 g/mol. The van der Waals surface area contributed by atoms with E-state index in [0.717, 1.165) is 11.3 Å². The van der Waals surface area contributed by atoms with Crippen LogP contribution in [0, 0.1) is 13.8 Å². The third-order valence-electron chi connectivity index (χ3n) is 5.31. The van der Waals surface area contributed by atoms with Crippen LogP contribution in [-0.4, -0.2) is 50.5 Å². The molecule has 1 aromatic carbocycles. The predicted molar refractivity (Wildman–Crippen MR) is 110 cm³/mol. The average Bonchev–Trinajstić information content (AvgIpc) is 3.08. The molecule has 0 bridgehead atoms. The molecule has 3 rings (SSSR count). The molecule has 7 nitrogen and oxygen atoms in total. The number of carbonyl (C=O) groups is 2. The van der Waals surface area contributed by atoms with Crippen LogP contribution in [0.25, 0.3) is 5.69 Å². The van der Waals surface area contributed by atoms with Crippen molar-refractivity contribution in [1.82, 2.24) is 14.7 Å². The highest BCUT2D eigenvalue weighted by molar-refractivity contribution is 5.89. The standard InChI is InChI=1S/C22H29N3O4/c1-14-6-7-17(12-15(14)2)25-19(18(13-23-25)20(26)27)16-8-10-24(11-9-16)21(28)29-22(3,4)5/h6-7,12-13,16H,8-11H2,1-5H3,(H,26,27). The second kappa shape index (κ2) is 7.89. The van der Waals surface area contributed by atoms with Crippen molar-refractivity contribution in [1.29, 1.82) is 0 Å². The van der Waals surface area contributed by atoms with Crippen molar-refractivity contribution in [3.05, 3.63) is 46.8 Å². The minimum absolute atomic E-state index is 0.00361. The van der Waals surface area contributed by atoms with E-state index < -0.39 is 11.6 Å². The maximum absolute atomic E-state index is 12.3. The van der Waals surface area contributed by atoms with Crippen LogP contribution in [0.3, 0.4) is 0 Å². The third kappa shape index (κ3) is 4.60. The Morgan fingerprint density at radius 2 is 1.79 bits per heavy atom. The summed E-state index contributed by atoms with van der Waals surface area (Å²) in [6.07, 6.45) is 2.43. The fourth-order valence-electron chi connectivity index (χ4n) is 3.64. The number of likely N-dealkylation sites (tertiary alicyclic amines) is 1. The van der Waals surface area contributed by atoms with Gasteiger partial charge in [-0.05, 0) is 70.7 Å². The summed E-state index contributed by atoms with van der Waals surface area (Å²) in [6.45, 7) is 10.7. The van der Waals surface area contributed by atoms with E-state index in [4.69, 9.17) is 4.74 Å². The zero-order valence-corrected chi connectivity index (χ0v) is 17.7. The SMILES string of the molecule is Cc1ccc(-n2ncc(C(=O)O)c2C2CCN(C(=O)OC(C)(C)C)CC2)cc1C. The number of benzene rings is 1. The van der Waals surface area contributed by atoms with Gasteiger partial charge in [-0.15, -0.1) is 0 Å². The summed E-state index contributed by atoms with van der Waals surface area (Å²) in [5.74, 6) is -0.978. The number of rotatable bonds is 3. The van der Waals surface area contributed by atoms with Crippen molar-refractivity contribution in [2.24, 2.45) is 0 Å². The number of carbonyl (C=O) groups excluding carboxylic acids is 1. The van der Waals surface area contributed by atoms with E-state index in [9.17, 15) is 14.7 Å². The molecule has 2 heterocycles. The van der Waals surface area contributed by atoms with Crippen LogP contribution in [0.4, 0.5) is 4.79 Å². The molecule has 1 amide bonds. The summed E-state index contributed by atoms with van der Waals surface area (Å²) < 4.78 is 7.20. The maximum atomic E-state index is 12.3. The number of aromatic carboxylic acids is 1. The number of carboxylic acids is 1. The number of amides is 1. The van der Waals surface area contributed by atoms with E-state index in [1.165, 1.54) is 11.8 Å². The van der Waals surface area contributed by atoms with Crippen LogP contribution < -0.4 is 0 Å². The van der Waals surface area contributed by atoms with E-state index >= 15 is 0 Å². The van der Waals surface area contributed by atoms with Crippen LogP contribution in [-0.2, 0) is 4.74 Å². The third-order valence-corrected chi connectivity index (χ3v) is 5.31. The Morgan fingerprint density at radius 3 is 2.34 bits per heavy atom. The minimum atomic E-state index is -0.982. The molecule has 2 aromatic rings. The summed E-state index contributed by atoms with van der Waals surface area (Å²) in [6, 6.07) is 6.00. The van der Waals surface area contributed by atoms with E-state index in [0.29, 0.717) is 31.6 Å². The first-order valence-electron chi connectivity index (χ1n) is 9.93. The van der Waals surface area contributed by atoms with Gasteiger partial charge >= 0.3 is 12.1 Å². The molecule has 1 aromatic heterocycles. The zero-order valence-electron chi connectivity index (χ0n) is 17.7. The van der Waals surface area contributed by atoms with Gasteiger partial charge in [0.25, 0.3) is 0 Å². The second-order valence-corrected chi connectivity index (χ2v) is 8.67. The molecule has 1 N–H and O–H groups in total. The summed E-state index contributed by atoms with van der Waals surface area (Å²) in [5, 5.41) is 14.1.